The molecule has 0 aromatic heterocycles. The van der Waals surface area contributed by atoms with Gasteiger partial charge in [0.25, 0.3) is 0 Å². The lowest BCUT2D eigenvalue weighted by molar-refractivity contribution is -0.123. The van der Waals surface area contributed by atoms with Crippen LogP contribution in [-0.4, -0.2) is 26.3 Å². The predicted molar refractivity (Wildman–Crippen MR) is 44.6 cm³/mol. The molecule has 2 heterocycles. The highest BCUT2D eigenvalue weighted by molar-refractivity contribution is 4.87. The average Bonchev–Trinajstić information content (AvgIpc) is 1.82. The fourth-order valence-electron chi connectivity index (χ4n) is 2.03. The molecule has 0 aromatic carbocycles. The molecular weight excluding hydrogens is 138 g/mol. The van der Waals surface area contributed by atoms with Crippen molar-refractivity contribution in [1.29, 1.82) is 0 Å². The molecular formula is C9H17NO. The fraction of sp³-hybridized carbons (Fsp3) is 1.00. The lowest BCUT2D eigenvalue weighted by Gasteiger charge is -2.42. The third-order valence-corrected chi connectivity index (χ3v) is 2.96. The van der Waals surface area contributed by atoms with Crippen molar-refractivity contribution in [3.63, 3.8) is 0 Å². The Kier molecular flexibility index (Phi) is 2.14. The molecule has 0 unspecified atom stereocenters. The molecule has 64 valence electrons. The molecule has 2 aliphatic rings. The Labute approximate surface area is 68.3 Å². The monoisotopic (exact) mass is 155 g/mol. The maximum Gasteiger partial charge on any atom is 0.0545 e. The minimum atomic E-state index is 0.591. The first-order valence-electron chi connectivity index (χ1n) is 4.70. The van der Waals surface area contributed by atoms with E-state index in [1.54, 1.807) is 0 Å². The minimum Gasteiger partial charge on any atom is -0.380 e. The van der Waals surface area contributed by atoms with Crippen molar-refractivity contribution in [3.8, 4) is 0 Å². The summed E-state index contributed by atoms with van der Waals surface area (Å²) in [5.41, 5.74) is 0.591. The van der Waals surface area contributed by atoms with Gasteiger partial charge >= 0.3 is 0 Å². The number of rotatable bonds is 0. The topological polar surface area (TPSA) is 21.3 Å². The van der Waals surface area contributed by atoms with E-state index in [4.69, 9.17) is 4.74 Å². The molecule has 0 bridgehead atoms. The second kappa shape index (κ2) is 3.11. The zero-order valence-corrected chi connectivity index (χ0v) is 7.07. The van der Waals surface area contributed by atoms with Crippen LogP contribution >= 0.6 is 0 Å². The summed E-state index contributed by atoms with van der Waals surface area (Å²) in [5, 5.41) is 3.46. The van der Waals surface area contributed by atoms with E-state index in [0.717, 1.165) is 13.2 Å². The summed E-state index contributed by atoms with van der Waals surface area (Å²) >= 11 is 0. The molecule has 0 amide bonds. The minimum absolute atomic E-state index is 0.591. The van der Waals surface area contributed by atoms with Crippen molar-refractivity contribution in [2.75, 3.05) is 26.3 Å². The maximum atomic E-state index is 5.28. The van der Waals surface area contributed by atoms with Gasteiger partial charge in [-0.05, 0) is 32.4 Å². The maximum absolute atomic E-state index is 5.28. The van der Waals surface area contributed by atoms with E-state index in [0.29, 0.717) is 5.41 Å². The molecule has 2 aliphatic heterocycles. The van der Waals surface area contributed by atoms with Gasteiger partial charge in [0.15, 0.2) is 0 Å². The van der Waals surface area contributed by atoms with Crippen molar-refractivity contribution in [1.82, 2.24) is 5.32 Å². The molecule has 2 rings (SSSR count). The summed E-state index contributed by atoms with van der Waals surface area (Å²) in [6.45, 7) is 4.46. The summed E-state index contributed by atoms with van der Waals surface area (Å²) < 4.78 is 5.28. The van der Waals surface area contributed by atoms with Gasteiger partial charge in [-0.15, -0.1) is 0 Å². The summed E-state index contributed by atoms with van der Waals surface area (Å²) in [4.78, 5) is 0. The fourth-order valence-corrected chi connectivity index (χ4v) is 2.03. The molecule has 0 atom stereocenters. The van der Waals surface area contributed by atoms with Gasteiger partial charge in [0.2, 0.25) is 0 Å². The van der Waals surface area contributed by atoms with Crippen LogP contribution in [0.4, 0.5) is 0 Å². The quantitative estimate of drug-likeness (QED) is 0.567. The van der Waals surface area contributed by atoms with Crippen molar-refractivity contribution >= 4 is 0 Å². The summed E-state index contributed by atoms with van der Waals surface area (Å²) in [6.07, 6.45) is 5.46. The molecule has 2 heteroatoms. The van der Waals surface area contributed by atoms with E-state index in [1.165, 1.54) is 38.8 Å². The van der Waals surface area contributed by atoms with Crippen LogP contribution in [0, 0.1) is 5.41 Å². The van der Waals surface area contributed by atoms with Gasteiger partial charge in [-0.1, -0.05) is 6.42 Å². The third-order valence-electron chi connectivity index (χ3n) is 2.96. The molecule has 2 nitrogen and oxygen atoms in total. The highest BCUT2D eigenvalue weighted by Gasteiger charge is 2.37. The van der Waals surface area contributed by atoms with E-state index < -0.39 is 0 Å². The van der Waals surface area contributed by atoms with Crippen molar-refractivity contribution in [3.05, 3.63) is 0 Å². The first kappa shape index (κ1) is 7.56. The van der Waals surface area contributed by atoms with Gasteiger partial charge < -0.3 is 10.1 Å². The number of hydrogen-bond acceptors (Lipinski definition) is 2. The van der Waals surface area contributed by atoms with E-state index in [9.17, 15) is 0 Å². The van der Waals surface area contributed by atoms with Gasteiger partial charge in [-0.2, -0.15) is 0 Å². The molecule has 1 spiro atoms. The second-order valence-electron chi connectivity index (χ2n) is 3.95. The molecule has 2 saturated heterocycles. The van der Waals surface area contributed by atoms with E-state index in [2.05, 4.69) is 5.32 Å². The highest BCUT2D eigenvalue weighted by atomic mass is 16.5. The standard InChI is InChI=1S/C9H17NO/c1-2-5-10-6-4-9(3-1)7-11-8-9/h10H,1-8H2. The zero-order valence-electron chi connectivity index (χ0n) is 7.07. The Balaban J connectivity index is 1.86. The molecule has 2 fully saturated rings. The van der Waals surface area contributed by atoms with E-state index in [-0.39, 0.29) is 0 Å². The lowest BCUT2D eigenvalue weighted by Crippen LogP contribution is -2.45. The van der Waals surface area contributed by atoms with E-state index in [1.807, 2.05) is 0 Å². The zero-order chi connectivity index (χ0) is 7.57. The molecule has 1 N–H and O–H groups in total. The Morgan fingerprint density at radius 3 is 2.64 bits per heavy atom. The third kappa shape index (κ3) is 1.57. The van der Waals surface area contributed by atoms with Crippen LogP contribution in [0.2, 0.25) is 0 Å². The SMILES string of the molecule is C1CCC2(CCNC1)COC2. The molecule has 0 radical (unpaired) electrons. The number of hydrogen-bond donors (Lipinski definition) is 1. The lowest BCUT2D eigenvalue weighted by atomic mass is 9.77. The van der Waals surface area contributed by atoms with Gasteiger partial charge in [0.05, 0.1) is 13.2 Å². The average molecular weight is 155 g/mol. The van der Waals surface area contributed by atoms with Crippen LogP contribution in [0.5, 0.6) is 0 Å². The smallest absolute Gasteiger partial charge is 0.0545 e. The Morgan fingerprint density at radius 2 is 1.91 bits per heavy atom. The molecule has 0 aliphatic carbocycles. The van der Waals surface area contributed by atoms with Crippen LogP contribution in [-0.2, 0) is 4.74 Å². The molecule has 11 heavy (non-hydrogen) atoms. The van der Waals surface area contributed by atoms with Crippen molar-refractivity contribution in [2.45, 2.75) is 25.7 Å². The Bertz CT molecular complexity index is 122. The highest BCUT2D eigenvalue weighted by Crippen LogP contribution is 2.36. The van der Waals surface area contributed by atoms with Crippen molar-refractivity contribution in [2.24, 2.45) is 5.41 Å². The van der Waals surface area contributed by atoms with E-state index >= 15 is 0 Å². The largest absolute Gasteiger partial charge is 0.380 e. The Morgan fingerprint density at radius 1 is 1.00 bits per heavy atom. The second-order valence-corrected chi connectivity index (χ2v) is 3.95. The van der Waals surface area contributed by atoms with Crippen LogP contribution in [0.3, 0.4) is 0 Å². The van der Waals surface area contributed by atoms with Gasteiger partial charge in [0, 0.05) is 5.41 Å². The van der Waals surface area contributed by atoms with Crippen LogP contribution in [0.15, 0.2) is 0 Å². The van der Waals surface area contributed by atoms with Crippen LogP contribution < -0.4 is 5.32 Å². The normalized spacial score (nSPS) is 30.5. The van der Waals surface area contributed by atoms with Gasteiger partial charge in [-0.25, -0.2) is 0 Å². The van der Waals surface area contributed by atoms with Gasteiger partial charge in [-0.3, -0.25) is 0 Å². The summed E-state index contributed by atoms with van der Waals surface area (Å²) in [5.74, 6) is 0. The van der Waals surface area contributed by atoms with Gasteiger partial charge in [0.1, 0.15) is 0 Å². The number of ether oxygens (including phenoxy) is 1. The van der Waals surface area contributed by atoms with Crippen molar-refractivity contribution < 1.29 is 4.74 Å². The first-order valence-corrected chi connectivity index (χ1v) is 4.70. The van der Waals surface area contributed by atoms with Crippen LogP contribution in [0.1, 0.15) is 25.7 Å². The summed E-state index contributed by atoms with van der Waals surface area (Å²) in [7, 11) is 0. The Hall–Kier alpha value is -0.0800. The molecule has 0 saturated carbocycles. The molecule has 0 aromatic rings. The van der Waals surface area contributed by atoms with Crippen LogP contribution in [0.25, 0.3) is 0 Å². The predicted octanol–water partition coefficient (Wildman–Crippen LogP) is 1.17. The number of nitrogens with one attached hydrogen (secondary N) is 1. The summed E-state index contributed by atoms with van der Waals surface area (Å²) in [6, 6.07) is 0. The first-order chi connectivity index (χ1) is 5.41.